The topological polar surface area (TPSA) is 127 Å². The number of carbonyl (C=O) groups is 4. The molecule has 0 aliphatic carbocycles. The number of likely N-dealkylation sites (tertiary alicyclic amines) is 2. The Kier molecular flexibility index (Phi) is 8.94. The Hall–Kier alpha value is -4.47. The summed E-state index contributed by atoms with van der Waals surface area (Å²) < 4.78 is 0. The van der Waals surface area contributed by atoms with Crippen LogP contribution in [-0.2, 0) is 19.2 Å². The van der Waals surface area contributed by atoms with Crippen LogP contribution in [0.2, 0.25) is 0 Å². The lowest BCUT2D eigenvalue weighted by atomic mass is 10.1. The zero-order valence-electron chi connectivity index (χ0n) is 25.2. The van der Waals surface area contributed by atoms with Gasteiger partial charge >= 0.3 is 0 Å². The van der Waals surface area contributed by atoms with Crippen LogP contribution in [0.15, 0.2) is 54.6 Å². The van der Waals surface area contributed by atoms with Gasteiger partial charge in [-0.15, -0.1) is 0 Å². The van der Waals surface area contributed by atoms with E-state index in [9.17, 15) is 19.2 Å². The Morgan fingerprint density at radius 2 is 1.16 bits per heavy atom. The second-order valence-corrected chi connectivity index (χ2v) is 12.0. The molecule has 0 spiro atoms. The van der Waals surface area contributed by atoms with Crippen LogP contribution in [0.25, 0.3) is 22.5 Å². The number of hydrogen-bond acceptors (Lipinski definition) is 5. The number of nitrogens with one attached hydrogen (secondary N) is 3. The molecule has 2 aromatic carbocycles. The van der Waals surface area contributed by atoms with Crippen LogP contribution in [0.5, 0.6) is 0 Å². The first-order chi connectivity index (χ1) is 20.6. The van der Waals surface area contributed by atoms with Gasteiger partial charge in [0.05, 0.1) is 11.4 Å². The van der Waals surface area contributed by atoms with E-state index in [2.05, 4.69) is 20.8 Å². The van der Waals surface area contributed by atoms with Gasteiger partial charge in [-0.2, -0.15) is 5.10 Å². The van der Waals surface area contributed by atoms with Crippen molar-refractivity contribution in [3.05, 3.63) is 54.6 Å². The molecule has 5 rings (SSSR count). The monoisotopic (exact) mass is 584 g/mol. The second kappa shape index (κ2) is 12.8. The highest BCUT2D eigenvalue weighted by Gasteiger charge is 2.36. The highest BCUT2D eigenvalue weighted by molar-refractivity contribution is 5.98. The van der Waals surface area contributed by atoms with Crippen molar-refractivity contribution in [2.75, 3.05) is 23.7 Å². The van der Waals surface area contributed by atoms with Crippen molar-refractivity contribution in [1.82, 2.24) is 20.0 Å². The SMILES string of the molecule is CC(C)C(=O)N1CCC[C@H]1C(=O)Nc1ccc(-c2cc(-c3ccc(NC(=O)[C@@H]4CCCN4C(=O)C(C)C)cc3)[nH]n2)cc1. The molecular weight excluding hydrogens is 544 g/mol. The fraction of sp³-hybridized carbons (Fsp3) is 0.424. The lowest BCUT2D eigenvalue weighted by Crippen LogP contribution is -2.44. The molecule has 2 aliphatic rings. The molecule has 1 aromatic heterocycles. The van der Waals surface area contributed by atoms with E-state index < -0.39 is 12.1 Å². The van der Waals surface area contributed by atoms with Gasteiger partial charge in [0.1, 0.15) is 12.1 Å². The van der Waals surface area contributed by atoms with Gasteiger partial charge < -0.3 is 20.4 Å². The fourth-order valence-corrected chi connectivity index (χ4v) is 5.80. The third-order valence-corrected chi connectivity index (χ3v) is 8.15. The van der Waals surface area contributed by atoms with Gasteiger partial charge in [-0.3, -0.25) is 24.3 Å². The standard InChI is InChI=1S/C33H40N6O4/c1-20(2)32(42)38-17-5-7-28(38)30(40)34-24-13-9-22(10-14-24)26-19-27(37-36-26)23-11-15-25(16-12-23)35-31(41)29-8-6-18-39(29)33(43)21(3)4/h9-16,19-21,28-29H,5-8,17-18H2,1-4H3,(H,34,40)(H,35,41)(H,36,37)/t28-,29-/m0/s1. The number of aromatic nitrogens is 2. The lowest BCUT2D eigenvalue weighted by molar-refractivity contribution is -0.139. The molecular formula is C33H40N6O4. The van der Waals surface area contributed by atoms with E-state index >= 15 is 0 Å². The first kappa shape index (κ1) is 30.0. The maximum Gasteiger partial charge on any atom is 0.247 e. The number of amides is 4. The van der Waals surface area contributed by atoms with E-state index in [0.29, 0.717) is 37.3 Å². The van der Waals surface area contributed by atoms with E-state index in [1.54, 1.807) is 9.80 Å². The quantitative estimate of drug-likeness (QED) is 0.347. The number of carbonyl (C=O) groups excluding carboxylic acids is 4. The molecule has 3 N–H and O–H groups in total. The number of rotatable bonds is 8. The number of aromatic amines is 1. The van der Waals surface area contributed by atoms with E-state index in [-0.39, 0.29) is 35.5 Å². The van der Waals surface area contributed by atoms with Crippen molar-refractivity contribution in [2.45, 2.75) is 65.5 Å². The summed E-state index contributed by atoms with van der Waals surface area (Å²) in [7, 11) is 0. The van der Waals surface area contributed by atoms with Gasteiger partial charge in [-0.25, -0.2) is 0 Å². The summed E-state index contributed by atoms with van der Waals surface area (Å²) in [6.07, 6.45) is 3.00. The molecule has 3 aromatic rings. The minimum absolute atomic E-state index is 0.0110. The molecule has 10 nitrogen and oxygen atoms in total. The zero-order valence-corrected chi connectivity index (χ0v) is 25.2. The van der Waals surface area contributed by atoms with Gasteiger partial charge in [0.2, 0.25) is 23.6 Å². The molecule has 2 aliphatic heterocycles. The van der Waals surface area contributed by atoms with Crippen LogP contribution in [0.3, 0.4) is 0 Å². The van der Waals surface area contributed by atoms with E-state index in [0.717, 1.165) is 35.4 Å². The van der Waals surface area contributed by atoms with Gasteiger partial charge in [-0.05, 0) is 61.6 Å². The largest absolute Gasteiger partial charge is 0.330 e. The summed E-state index contributed by atoms with van der Waals surface area (Å²) in [6, 6.07) is 16.1. The average molecular weight is 585 g/mol. The average Bonchev–Trinajstić information content (AvgIpc) is 3.78. The molecule has 0 saturated carbocycles. The van der Waals surface area contributed by atoms with Gasteiger partial charge in [0.25, 0.3) is 0 Å². The predicted molar refractivity (Wildman–Crippen MR) is 166 cm³/mol. The fourth-order valence-electron chi connectivity index (χ4n) is 5.80. The molecule has 2 atom stereocenters. The van der Waals surface area contributed by atoms with Crippen LogP contribution in [-0.4, -0.2) is 68.8 Å². The highest BCUT2D eigenvalue weighted by Crippen LogP contribution is 2.28. The maximum atomic E-state index is 12.9. The Morgan fingerprint density at radius 3 is 1.60 bits per heavy atom. The van der Waals surface area contributed by atoms with E-state index in [1.165, 1.54) is 0 Å². The van der Waals surface area contributed by atoms with Crippen LogP contribution in [0, 0.1) is 11.8 Å². The van der Waals surface area contributed by atoms with Crippen molar-refractivity contribution in [3.63, 3.8) is 0 Å². The van der Waals surface area contributed by atoms with Crippen molar-refractivity contribution >= 4 is 35.0 Å². The van der Waals surface area contributed by atoms with Crippen LogP contribution in [0.1, 0.15) is 53.4 Å². The molecule has 0 radical (unpaired) electrons. The Labute approximate surface area is 252 Å². The summed E-state index contributed by atoms with van der Waals surface area (Å²) in [5.41, 5.74) is 4.72. The van der Waals surface area contributed by atoms with Crippen molar-refractivity contribution < 1.29 is 19.2 Å². The van der Waals surface area contributed by atoms with Crippen molar-refractivity contribution in [1.29, 1.82) is 0 Å². The highest BCUT2D eigenvalue weighted by atomic mass is 16.2. The summed E-state index contributed by atoms with van der Waals surface area (Å²) in [5.74, 6) is -0.574. The molecule has 2 saturated heterocycles. The summed E-state index contributed by atoms with van der Waals surface area (Å²) in [4.78, 5) is 54.2. The zero-order chi connectivity index (χ0) is 30.7. The molecule has 10 heteroatoms. The van der Waals surface area contributed by atoms with Gasteiger partial charge in [-0.1, -0.05) is 52.0 Å². The Balaban J connectivity index is 1.19. The predicted octanol–water partition coefficient (Wildman–Crippen LogP) is 4.91. The van der Waals surface area contributed by atoms with Crippen molar-refractivity contribution in [3.8, 4) is 22.5 Å². The number of anilines is 2. The number of hydrogen-bond donors (Lipinski definition) is 3. The minimum atomic E-state index is -0.435. The summed E-state index contributed by atoms with van der Waals surface area (Å²) in [6.45, 7) is 8.65. The summed E-state index contributed by atoms with van der Waals surface area (Å²) >= 11 is 0. The Morgan fingerprint density at radius 1 is 0.721 bits per heavy atom. The minimum Gasteiger partial charge on any atom is -0.330 e. The molecule has 2 fully saturated rings. The Bertz CT molecular complexity index is 1370. The van der Waals surface area contributed by atoms with Gasteiger partial charge in [0, 0.05) is 41.9 Å². The van der Waals surface area contributed by atoms with Gasteiger partial charge in [0.15, 0.2) is 0 Å². The smallest absolute Gasteiger partial charge is 0.247 e. The van der Waals surface area contributed by atoms with Crippen LogP contribution in [0.4, 0.5) is 11.4 Å². The van der Waals surface area contributed by atoms with E-state index in [1.807, 2.05) is 82.3 Å². The third-order valence-electron chi connectivity index (χ3n) is 8.15. The summed E-state index contributed by atoms with van der Waals surface area (Å²) in [5, 5.41) is 13.4. The molecule has 43 heavy (non-hydrogen) atoms. The first-order valence-corrected chi connectivity index (χ1v) is 15.1. The third kappa shape index (κ3) is 6.63. The van der Waals surface area contributed by atoms with Crippen LogP contribution >= 0.6 is 0 Å². The molecule has 0 bridgehead atoms. The molecule has 3 heterocycles. The normalized spacial score (nSPS) is 18.4. The second-order valence-electron chi connectivity index (χ2n) is 12.0. The maximum absolute atomic E-state index is 12.9. The molecule has 0 unspecified atom stereocenters. The van der Waals surface area contributed by atoms with Crippen LogP contribution < -0.4 is 10.6 Å². The number of H-pyrrole nitrogens is 1. The first-order valence-electron chi connectivity index (χ1n) is 15.1. The van der Waals surface area contributed by atoms with Crippen molar-refractivity contribution in [2.24, 2.45) is 11.8 Å². The molecule has 226 valence electrons. The molecule has 4 amide bonds. The number of benzene rings is 2. The number of nitrogens with zero attached hydrogens (tertiary/aromatic N) is 3. The lowest BCUT2D eigenvalue weighted by Gasteiger charge is -2.25. The van der Waals surface area contributed by atoms with E-state index in [4.69, 9.17) is 0 Å².